The lowest BCUT2D eigenvalue weighted by Crippen LogP contribution is -2.00. The van der Waals surface area contributed by atoms with Gasteiger partial charge in [-0.05, 0) is 127 Å². The van der Waals surface area contributed by atoms with E-state index in [-0.39, 0.29) is 0 Å². The zero-order chi connectivity index (χ0) is 21.9. The molecule has 11 heteroatoms. The van der Waals surface area contributed by atoms with E-state index in [9.17, 15) is 0 Å². The molecule has 2 aromatic rings. The Labute approximate surface area is 236 Å². The quantitative estimate of drug-likeness (QED) is 0.195. The molecule has 156 valence electrons. The number of ether oxygens (including phenoxy) is 3. The lowest BCUT2D eigenvalue weighted by Gasteiger charge is -2.20. The minimum absolute atomic E-state index is 0.361. The Morgan fingerprint density at radius 1 is 0.483 bits per heavy atom. The van der Waals surface area contributed by atoms with Crippen LogP contribution >= 0.6 is 127 Å². The maximum Gasteiger partial charge on any atom is 0.158 e. The summed E-state index contributed by atoms with van der Waals surface area (Å²) in [5.41, 5.74) is 0. The van der Waals surface area contributed by atoms with Crippen LogP contribution in [-0.4, -0.2) is 13.2 Å². The molecule has 29 heavy (non-hydrogen) atoms. The van der Waals surface area contributed by atoms with Crippen molar-refractivity contribution < 1.29 is 14.2 Å². The summed E-state index contributed by atoms with van der Waals surface area (Å²) in [6, 6.07) is 0. The minimum atomic E-state index is 0.361. The topological polar surface area (TPSA) is 27.7 Å². The van der Waals surface area contributed by atoms with Crippen molar-refractivity contribution in [3.8, 4) is 23.0 Å². The number of hydrogen-bond acceptors (Lipinski definition) is 3. The lowest BCUT2D eigenvalue weighted by atomic mass is 10.3. The van der Waals surface area contributed by atoms with Crippen LogP contribution in [0.25, 0.3) is 0 Å². The largest absolute Gasteiger partial charge is 0.487 e. The molecule has 0 aliphatic heterocycles. The Bertz CT molecular complexity index is 839. The lowest BCUT2D eigenvalue weighted by molar-refractivity contribution is 0.355. The Kier molecular flexibility index (Phi) is 10.8. The highest BCUT2D eigenvalue weighted by Gasteiger charge is 2.26. The molecule has 0 fully saturated rings. The number of rotatable bonds is 8. The van der Waals surface area contributed by atoms with Crippen molar-refractivity contribution in [3.05, 3.63) is 61.1 Å². The van der Waals surface area contributed by atoms with Crippen molar-refractivity contribution in [1.82, 2.24) is 0 Å². The molecule has 0 N–H and O–H groups in total. The summed E-state index contributed by atoms with van der Waals surface area (Å²) < 4.78 is 23.2. The van der Waals surface area contributed by atoms with Gasteiger partial charge in [0.1, 0.15) is 13.2 Å². The number of benzene rings is 2. The van der Waals surface area contributed by atoms with Crippen LogP contribution in [0.3, 0.4) is 0 Å². The third-order valence-electron chi connectivity index (χ3n) is 3.26. The fourth-order valence-corrected chi connectivity index (χ4v) is 6.87. The number of halogens is 8. The molecular weight excluding hydrogens is 903 g/mol. The predicted molar refractivity (Wildman–Crippen MR) is 146 cm³/mol. The van der Waals surface area contributed by atoms with Gasteiger partial charge >= 0.3 is 0 Å². The summed E-state index contributed by atoms with van der Waals surface area (Å²) in [6.45, 7) is 8.07. The molecule has 0 aliphatic rings. The first-order valence-electron chi connectivity index (χ1n) is 7.54. The molecule has 0 spiro atoms. The minimum Gasteiger partial charge on any atom is -0.487 e. The standard InChI is InChI=1S/C18H10Br8O3/c1-3-5-27-15-7(19)11(23)17(12(24)8(15)20)29-18-13(25)9(21)16(28-6-4-2)10(22)14(18)26/h3-4H,1-2,5-6H2. The van der Waals surface area contributed by atoms with Crippen LogP contribution < -0.4 is 14.2 Å². The molecule has 2 aromatic carbocycles. The summed E-state index contributed by atoms with van der Waals surface area (Å²) >= 11 is 28.6. The van der Waals surface area contributed by atoms with E-state index in [1.54, 1.807) is 12.2 Å². The monoisotopic (exact) mass is 905 g/mol. The third kappa shape index (κ3) is 5.75. The van der Waals surface area contributed by atoms with Crippen LogP contribution in [-0.2, 0) is 0 Å². The van der Waals surface area contributed by atoms with E-state index in [2.05, 4.69) is 141 Å². The van der Waals surface area contributed by atoms with Crippen LogP contribution in [0.4, 0.5) is 0 Å². The SMILES string of the molecule is C=CCOc1c(Br)c(Br)c(Oc2c(Br)c(Br)c(OCC=C)c(Br)c2Br)c(Br)c1Br. The van der Waals surface area contributed by atoms with Gasteiger partial charge < -0.3 is 14.2 Å². The summed E-state index contributed by atoms with van der Waals surface area (Å²) in [6.07, 6.45) is 3.34. The molecule has 0 aliphatic carbocycles. The van der Waals surface area contributed by atoms with Gasteiger partial charge in [-0.15, -0.1) is 0 Å². The fourth-order valence-electron chi connectivity index (χ4n) is 2.00. The van der Waals surface area contributed by atoms with Gasteiger partial charge in [-0.3, -0.25) is 0 Å². The van der Waals surface area contributed by atoms with E-state index >= 15 is 0 Å². The Balaban J connectivity index is 2.60. The van der Waals surface area contributed by atoms with Gasteiger partial charge in [0, 0.05) is 0 Å². The van der Waals surface area contributed by atoms with E-state index in [0.717, 1.165) is 0 Å². The second-order valence-electron chi connectivity index (χ2n) is 5.13. The van der Waals surface area contributed by atoms with Crippen molar-refractivity contribution in [2.24, 2.45) is 0 Å². The van der Waals surface area contributed by atoms with Gasteiger partial charge in [-0.1, -0.05) is 25.3 Å². The van der Waals surface area contributed by atoms with Crippen LogP contribution in [0, 0.1) is 0 Å². The van der Waals surface area contributed by atoms with Gasteiger partial charge in [0.2, 0.25) is 0 Å². The van der Waals surface area contributed by atoms with E-state index in [1.165, 1.54) is 0 Å². The normalized spacial score (nSPS) is 10.6. The summed E-state index contributed by atoms with van der Waals surface area (Å²) in [4.78, 5) is 0. The van der Waals surface area contributed by atoms with E-state index < -0.39 is 0 Å². The van der Waals surface area contributed by atoms with Crippen LogP contribution in [0.2, 0.25) is 0 Å². The Morgan fingerprint density at radius 3 is 0.966 bits per heavy atom. The summed E-state index contributed by atoms with van der Waals surface area (Å²) in [5, 5.41) is 0. The average Bonchev–Trinajstić information content (AvgIpc) is 2.70. The second kappa shape index (κ2) is 11.9. The van der Waals surface area contributed by atoms with E-state index in [0.29, 0.717) is 72.0 Å². The third-order valence-corrected chi connectivity index (χ3v) is 11.4. The first-order chi connectivity index (χ1) is 13.7. The molecule has 0 aromatic heterocycles. The van der Waals surface area contributed by atoms with Crippen LogP contribution in [0.5, 0.6) is 23.0 Å². The van der Waals surface area contributed by atoms with Gasteiger partial charge in [-0.25, -0.2) is 0 Å². The average molecular weight is 914 g/mol. The predicted octanol–water partition coefficient (Wildman–Crippen LogP) is 10.7. The highest BCUT2D eigenvalue weighted by molar-refractivity contribution is 9.14. The molecule has 0 amide bonds. The van der Waals surface area contributed by atoms with Gasteiger partial charge in [0.05, 0.1) is 35.8 Å². The molecule has 2 rings (SSSR count). The van der Waals surface area contributed by atoms with Crippen LogP contribution in [0.15, 0.2) is 61.1 Å². The van der Waals surface area contributed by atoms with Crippen molar-refractivity contribution in [1.29, 1.82) is 0 Å². The Hall–Kier alpha value is 1.16. The summed E-state index contributed by atoms with van der Waals surface area (Å²) in [7, 11) is 0. The maximum atomic E-state index is 6.28. The first kappa shape index (κ1) is 26.4. The highest BCUT2D eigenvalue weighted by atomic mass is 79.9. The molecule has 3 nitrogen and oxygen atoms in total. The van der Waals surface area contributed by atoms with Gasteiger partial charge in [-0.2, -0.15) is 0 Å². The highest BCUT2D eigenvalue weighted by Crippen LogP contribution is 2.55. The molecule has 0 heterocycles. The second-order valence-corrected chi connectivity index (χ2v) is 11.5. The Morgan fingerprint density at radius 2 is 0.724 bits per heavy atom. The molecular formula is C18H10Br8O3. The molecule has 0 atom stereocenters. The first-order valence-corrected chi connectivity index (χ1v) is 13.9. The maximum absolute atomic E-state index is 6.28. The van der Waals surface area contributed by atoms with E-state index in [4.69, 9.17) is 14.2 Å². The summed E-state index contributed by atoms with van der Waals surface area (Å²) in [5.74, 6) is 2.30. The van der Waals surface area contributed by atoms with Crippen molar-refractivity contribution in [3.63, 3.8) is 0 Å². The molecule has 0 bridgehead atoms. The van der Waals surface area contributed by atoms with E-state index in [1.807, 2.05) is 0 Å². The smallest absolute Gasteiger partial charge is 0.158 e. The van der Waals surface area contributed by atoms with Crippen molar-refractivity contribution in [2.75, 3.05) is 13.2 Å². The molecule has 0 saturated heterocycles. The van der Waals surface area contributed by atoms with Crippen molar-refractivity contribution in [2.45, 2.75) is 0 Å². The zero-order valence-corrected chi connectivity index (χ0v) is 26.9. The zero-order valence-electron chi connectivity index (χ0n) is 14.2. The molecule has 0 saturated carbocycles. The van der Waals surface area contributed by atoms with Gasteiger partial charge in [0.15, 0.2) is 23.0 Å². The molecule has 0 radical (unpaired) electrons. The van der Waals surface area contributed by atoms with Gasteiger partial charge in [0.25, 0.3) is 0 Å². The fraction of sp³-hybridized carbons (Fsp3) is 0.111. The number of hydrogen-bond donors (Lipinski definition) is 0. The van der Waals surface area contributed by atoms with Crippen LogP contribution in [0.1, 0.15) is 0 Å². The van der Waals surface area contributed by atoms with Crippen molar-refractivity contribution >= 4 is 127 Å². The molecule has 0 unspecified atom stereocenters.